The van der Waals surface area contributed by atoms with E-state index >= 15 is 0 Å². The molecule has 2 heterocycles. The number of halogens is 2. The fourth-order valence-electron chi connectivity index (χ4n) is 3.14. The largest absolute Gasteiger partial charge is 0.391 e. The van der Waals surface area contributed by atoms with Gasteiger partial charge in [-0.15, -0.1) is 0 Å². The Bertz CT molecular complexity index is 707. The second kappa shape index (κ2) is 7.44. The van der Waals surface area contributed by atoms with Crippen LogP contribution in [0.3, 0.4) is 0 Å². The Morgan fingerprint density at radius 3 is 2.96 bits per heavy atom. The quantitative estimate of drug-likeness (QED) is 0.795. The first-order valence-corrected chi connectivity index (χ1v) is 9.13. The van der Waals surface area contributed by atoms with Gasteiger partial charge in [0.05, 0.1) is 22.7 Å². The lowest BCUT2D eigenvalue weighted by Gasteiger charge is -2.28. The molecule has 7 heteroatoms. The van der Waals surface area contributed by atoms with Crippen LogP contribution in [-0.4, -0.2) is 41.6 Å². The minimum Gasteiger partial charge on any atom is -0.391 e. The third kappa shape index (κ3) is 3.77. The van der Waals surface area contributed by atoms with Gasteiger partial charge in [0.15, 0.2) is 5.78 Å². The van der Waals surface area contributed by atoms with E-state index in [0.717, 1.165) is 13.0 Å². The molecule has 2 unspecified atom stereocenters. The zero-order chi connectivity index (χ0) is 17.3. The molecule has 5 nitrogen and oxygen atoms in total. The van der Waals surface area contributed by atoms with Crippen molar-refractivity contribution in [3.8, 4) is 0 Å². The number of nitrogens with zero attached hydrogens (tertiary/aromatic N) is 1. The maximum absolute atomic E-state index is 12.6. The number of benzene rings is 1. The van der Waals surface area contributed by atoms with Crippen molar-refractivity contribution in [2.75, 3.05) is 6.54 Å². The van der Waals surface area contributed by atoms with Gasteiger partial charge in [-0.1, -0.05) is 11.6 Å². The van der Waals surface area contributed by atoms with Gasteiger partial charge < -0.3 is 10.4 Å². The minimum absolute atomic E-state index is 0.0510. The molecule has 0 saturated carbocycles. The van der Waals surface area contributed by atoms with Gasteiger partial charge in [-0.2, -0.15) is 0 Å². The summed E-state index contributed by atoms with van der Waals surface area (Å²) >= 11 is 9.36. The Hall–Kier alpha value is -1.08. The van der Waals surface area contributed by atoms with Crippen molar-refractivity contribution in [3.63, 3.8) is 0 Å². The van der Waals surface area contributed by atoms with Crippen molar-refractivity contribution in [1.29, 1.82) is 0 Å². The molecule has 3 atom stereocenters. The average molecular weight is 414 g/mol. The molecule has 1 fully saturated rings. The molecule has 0 spiro atoms. The Labute approximate surface area is 153 Å². The zero-order valence-corrected chi connectivity index (χ0v) is 15.3. The Kier molecular flexibility index (Phi) is 5.49. The summed E-state index contributed by atoms with van der Waals surface area (Å²) in [4.78, 5) is 29.2. The summed E-state index contributed by atoms with van der Waals surface area (Å²) in [7, 11) is 0. The lowest BCUT2D eigenvalue weighted by Crippen LogP contribution is -2.46. The number of hydrogen-bond donors (Lipinski definition) is 2. The highest BCUT2D eigenvalue weighted by Crippen LogP contribution is 2.35. The van der Waals surface area contributed by atoms with Crippen molar-refractivity contribution in [2.45, 2.75) is 37.8 Å². The summed E-state index contributed by atoms with van der Waals surface area (Å²) < 4.78 is 0.680. The first-order valence-electron chi connectivity index (χ1n) is 7.96. The van der Waals surface area contributed by atoms with Gasteiger partial charge in [0.2, 0.25) is 0 Å². The van der Waals surface area contributed by atoms with Gasteiger partial charge in [-0.25, -0.2) is 0 Å². The SMILES string of the molecule is O=C(CC1C=Nc2cc(Br)c(Cl)cc2C1=O)CC1NCCC[C@H]1O. The van der Waals surface area contributed by atoms with E-state index in [2.05, 4.69) is 26.2 Å². The van der Waals surface area contributed by atoms with Gasteiger partial charge in [0.25, 0.3) is 0 Å². The molecule has 0 bridgehead atoms. The number of rotatable bonds is 4. The van der Waals surface area contributed by atoms with Crippen molar-refractivity contribution in [3.05, 3.63) is 27.2 Å². The molecule has 2 aliphatic rings. The Morgan fingerprint density at radius 1 is 1.42 bits per heavy atom. The molecule has 0 aliphatic carbocycles. The molecule has 0 radical (unpaired) electrons. The van der Waals surface area contributed by atoms with E-state index in [9.17, 15) is 14.7 Å². The summed E-state index contributed by atoms with van der Waals surface area (Å²) in [5.74, 6) is -0.757. The number of ketones is 2. The molecule has 1 aromatic rings. The number of piperidine rings is 1. The van der Waals surface area contributed by atoms with Crippen LogP contribution in [0.4, 0.5) is 5.69 Å². The number of aliphatic imine (C=N–C) groups is 1. The summed E-state index contributed by atoms with van der Waals surface area (Å²) in [6.07, 6.45) is 2.97. The molecule has 3 rings (SSSR count). The van der Waals surface area contributed by atoms with E-state index in [1.165, 1.54) is 6.21 Å². The molecule has 1 aromatic carbocycles. The van der Waals surface area contributed by atoms with Gasteiger partial charge in [0, 0.05) is 35.1 Å². The number of hydrogen-bond acceptors (Lipinski definition) is 5. The normalized spacial score (nSPS) is 26.3. The van der Waals surface area contributed by atoms with Crippen molar-refractivity contribution in [2.24, 2.45) is 10.9 Å². The predicted molar refractivity (Wildman–Crippen MR) is 96.4 cm³/mol. The summed E-state index contributed by atoms with van der Waals surface area (Å²) in [5.41, 5.74) is 1.00. The maximum atomic E-state index is 12.6. The maximum Gasteiger partial charge on any atom is 0.173 e. The van der Waals surface area contributed by atoms with Crippen molar-refractivity contribution >= 4 is 51.0 Å². The van der Waals surface area contributed by atoms with Gasteiger partial charge in [-0.05, 0) is 47.4 Å². The van der Waals surface area contributed by atoms with E-state index in [1.54, 1.807) is 12.1 Å². The van der Waals surface area contributed by atoms with Crippen LogP contribution in [0.5, 0.6) is 0 Å². The molecule has 24 heavy (non-hydrogen) atoms. The van der Waals surface area contributed by atoms with Crippen LogP contribution in [-0.2, 0) is 4.79 Å². The predicted octanol–water partition coefficient (Wildman–Crippen LogP) is 3.08. The van der Waals surface area contributed by atoms with Crippen molar-refractivity contribution < 1.29 is 14.7 Å². The average Bonchev–Trinajstić information content (AvgIpc) is 2.54. The monoisotopic (exact) mass is 412 g/mol. The molecule has 2 aliphatic heterocycles. The molecule has 1 saturated heterocycles. The molecule has 0 aromatic heterocycles. The highest BCUT2D eigenvalue weighted by molar-refractivity contribution is 9.10. The second-order valence-corrected chi connectivity index (χ2v) is 7.51. The minimum atomic E-state index is -0.567. The van der Waals surface area contributed by atoms with Crippen LogP contribution >= 0.6 is 27.5 Å². The fourth-order valence-corrected chi connectivity index (χ4v) is 3.64. The van der Waals surface area contributed by atoms with E-state index in [1.807, 2.05) is 0 Å². The first kappa shape index (κ1) is 17.7. The third-order valence-corrected chi connectivity index (χ3v) is 5.67. The number of Topliss-reactive ketones (excluding diaryl/α,β-unsaturated/α-hetero) is 2. The molecule has 128 valence electrons. The van der Waals surface area contributed by atoms with Gasteiger partial charge >= 0.3 is 0 Å². The van der Waals surface area contributed by atoms with E-state index < -0.39 is 12.0 Å². The van der Waals surface area contributed by atoms with Crippen LogP contribution in [0.2, 0.25) is 5.02 Å². The fraction of sp³-hybridized carbons (Fsp3) is 0.471. The van der Waals surface area contributed by atoms with Crippen LogP contribution in [0, 0.1) is 5.92 Å². The topological polar surface area (TPSA) is 78.8 Å². The smallest absolute Gasteiger partial charge is 0.173 e. The Morgan fingerprint density at radius 2 is 2.21 bits per heavy atom. The number of carbonyl (C=O) groups excluding carboxylic acids is 2. The van der Waals surface area contributed by atoms with Crippen molar-refractivity contribution in [1.82, 2.24) is 5.32 Å². The standard InChI is InChI=1S/C17H18BrClN2O3/c18-12-7-14-11(6-13(12)19)17(24)9(8-21-14)4-10(22)5-15-16(23)2-1-3-20-15/h6-9,15-16,20,23H,1-5H2/t9?,15?,16-/m1/s1. The summed E-state index contributed by atoms with van der Waals surface area (Å²) in [5, 5.41) is 13.5. The van der Waals surface area contributed by atoms with Gasteiger partial charge in [-0.3, -0.25) is 14.6 Å². The zero-order valence-electron chi connectivity index (χ0n) is 13.0. The molecular weight excluding hydrogens is 396 g/mol. The second-order valence-electron chi connectivity index (χ2n) is 6.25. The lowest BCUT2D eigenvalue weighted by molar-refractivity contribution is -0.120. The third-order valence-electron chi connectivity index (χ3n) is 4.48. The number of carbonyl (C=O) groups is 2. The van der Waals surface area contributed by atoms with Crippen LogP contribution < -0.4 is 5.32 Å². The van der Waals surface area contributed by atoms with E-state index in [0.29, 0.717) is 27.2 Å². The first-order chi connectivity index (χ1) is 11.5. The number of fused-ring (bicyclic) bond motifs is 1. The molecule has 0 amide bonds. The highest BCUT2D eigenvalue weighted by Gasteiger charge is 2.30. The Balaban J connectivity index is 1.67. The van der Waals surface area contributed by atoms with Crippen LogP contribution in [0.1, 0.15) is 36.0 Å². The lowest BCUT2D eigenvalue weighted by atomic mass is 9.88. The number of aliphatic hydroxyl groups excluding tert-OH is 1. The van der Waals surface area contributed by atoms with Crippen LogP contribution in [0.15, 0.2) is 21.6 Å². The number of nitrogens with one attached hydrogen (secondary N) is 1. The van der Waals surface area contributed by atoms with E-state index in [4.69, 9.17) is 11.6 Å². The summed E-state index contributed by atoms with van der Waals surface area (Å²) in [6.45, 7) is 0.805. The van der Waals surface area contributed by atoms with E-state index in [-0.39, 0.29) is 30.4 Å². The highest BCUT2D eigenvalue weighted by atomic mass is 79.9. The summed E-state index contributed by atoms with van der Waals surface area (Å²) in [6, 6.07) is 3.07. The van der Waals surface area contributed by atoms with Crippen LogP contribution in [0.25, 0.3) is 0 Å². The molecule has 2 N–H and O–H groups in total. The van der Waals surface area contributed by atoms with Gasteiger partial charge in [0.1, 0.15) is 5.78 Å². The molecular formula is C17H18BrClN2O3. The number of aliphatic hydroxyl groups is 1.